The number of fused-ring (bicyclic) bond motifs is 1. The molecule has 0 radical (unpaired) electrons. The van der Waals surface area contributed by atoms with Crippen LogP contribution in [0.2, 0.25) is 0 Å². The van der Waals surface area contributed by atoms with Crippen molar-refractivity contribution in [3.8, 4) is 5.19 Å². The number of hydrogen-bond donors (Lipinski definition) is 1. The van der Waals surface area contributed by atoms with E-state index in [0.29, 0.717) is 5.19 Å². The van der Waals surface area contributed by atoms with Crippen LogP contribution in [-0.2, 0) is 6.42 Å². The van der Waals surface area contributed by atoms with Crippen molar-refractivity contribution in [3.05, 3.63) is 41.7 Å². The van der Waals surface area contributed by atoms with Crippen molar-refractivity contribution in [2.75, 3.05) is 19.0 Å². The Morgan fingerprint density at radius 3 is 3.00 bits per heavy atom. The number of rotatable bonds is 5. The smallest absolute Gasteiger partial charge is 0.273 e. The summed E-state index contributed by atoms with van der Waals surface area (Å²) < 4.78 is 5.08. The van der Waals surface area contributed by atoms with Crippen LogP contribution in [0.25, 0.3) is 10.9 Å². The molecule has 2 aromatic heterocycles. The highest BCUT2D eigenvalue weighted by Gasteiger charge is 2.04. The maximum absolute atomic E-state index is 5.08. The van der Waals surface area contributed by atoms with E-state index in [-0.39, 0.29) is 0 Å². The van der Waals surface area contributed by atoms with Gasteiger partial charge in [-0.3, -0.25) is 0 Å². The zero-order valence-electron chi connectivity index (χ0n) is 11.0. The van der Waals surface area contributed by atoms with Crippen molar-refractivity contribution in [2.45, 2.75) is 6.42 Å². The third kappa shape index (κ3) is 2.70. The minimum absolute atomic E-state index is 0.701. The van der Waals surface area contributed by atoms with Crippen molar-refractivity contribution in [2.24, 2.45) is 0 Å². The fourth-order valence-corrected chi connectivity index (χ4v) is 2.63. The molecule has 0 saturated heterocycles. The second-order valence-electron chi connectivity index (χ2n) is 4.23. The zero-order chi connectivity index (χ0) is 13.8. The predicted molar refractivity (Wildman–Crippen MR) is 80.4 cm³/mol. The number of ether oxygens (including phenoxy) is 1. The Morgan fingerprint density at radius 2 is 2.15 bits per heavy atom. The third-order valence-corrected chi connectivity index (χ3v) is 3.77. The molecule has 0 fully saturated rings. The van der Waals surface area contributed by atoms with Crippen LogP contribution in [0.5, 0.6) is 5.19 Å². The highest BCUT2D eigenvalue weighted by Crippen LogP contribution is 2.19. The molecule has 0 bridgehead atoms. The van der Waals surface area contributed by atoms with E-state index in [1.165, 1.54) is 11.3 Å². The first-order chi connectivity index (χ1) is 9.86. The Morgan fingerprint density at radius 1 is 1.25 bits per heavy atom. The number of para-hydroxylation sites is 1. The summed E-state index contributed by atoms with van der Waals surface area (Å²) in [5.74, 6) is 0.859. The largest absolute Gasteiger partial charge is 0.473 e. The van der Waals surface area contributed by atoms with E-state index in [1.54, 1.807) is 13.4 Å². The van der Waals surface area contributed by atoms with Gasteiger partial charge in [0, 0.05) is 23.7 Å². The molecule has 0 saturated carbocycles. The van der Waals surface area contributed by atoms with Gasteiger partial charge in [0.15, 0.2) is 0 Å². The van der Waals surface area contributed by atoms with Gasteiger partial charge in [-0.15, -0.1) is 0 Å². The summed E-state index contributed by atoms with van der Waals surface area (Å²) in [5.41, 5.74) is 1.97. The van der Waals surface area contributed by atoms with E-state index in [4.69, 9.17) is 4.74 Å². The Balaban J connectivity index is 1.68. The van der Waals surface area contributed by atoms with Crippen LogP contribution in [0, 0.1) is 0 Å². The molecule has 0 spiro atoms. The average molecular weight is 286 g/mol. The van der Waals surface area contributed by atoms with Crippen molar-refractivity contribution < 1.29 is 4.74 Å². The van der Waals surface area contributed by atoms with E-state index < -0.39 is 0 Å². The number of hydrogen-bond acceptors (Lipinski definition) is 6. The molecule has 0 aliphatic rings. The molecule has 2 heterocycles. The van der Waals surface area contributed by atoms with Gasteiger partial charge >= 0.3 is 0 Å². The molecule has 1 N–H and O–H groups in total. The molecule has 0 amide bonds. The van der Waals surface area contributed by atoms with Crippen LogP contribution >= 0.6 is 11.3 Å². The number of methoxy groups -OCH3 is 1. The number of nitrogens with zero attached hydrogens (tertiary/aromatic N) is 3. The highest BCUT2D eigenvalue weighted by atomic mass is 32.1. The number of anilines is 1. The van der Waals surface area contributed by atoms with E-state index in [2.05, 4.69) is 20.3 Å². The summed E-state index contributed by atoms with van der Waals surface area (Å²) in [7, 11) is 1.63. The molecular weight excluding hydrogens is 272 g/mol. The van der Waals surface area contributed by atoms with Gasteiger partial charge in [-0.2, -0.15) is 0 Å². The lowest BCUT2D eigenvalue weighted by molar-refractivity contribution is 0.411. The third-order valence-electron chi connectivity index (χ3n) is 2.92. The lowest BCUT2D eigenvalue weighted by Gasteiger charge is -2.07. The van der Waals surface area contributed by atoms with E-state index in [9.17, 15) is 0 Å². The molecule has 102 valence electrons. The summed E-state index contributed by atoms with van der Waals surface area (Å²) in [4.78, 5) is 12.9. The molecule has 20 heavy (non-hydrogen) atoms. The van der Waals surface area contributed by atoms with Crippen molar-refractivity contribution in [1.29, 1.82) is 0 Å². The van der Waals surface area contributed by atoms with Crippen LogP contribution in [0.15, 0.2) is 36.0 Å². The lowest BCUT2D eigenvalue weighted by atomic mass is 10.2. The average Bonchev–Trinajstić information content (AvgIpc) is 2.95. The molecular formula is C14H14N4OS. The van der Waals surface area contributed by atoms with Crippen molar-refractivity contribution in [3.63, 3.8) is 0 Å². The van der Waals surface area contributed by atoms with Crippen LogP contribution in [0.3, 0.4) is 0 Å². The quantitative estimate of drug-likeness (QED) is 0.781. The Labute approximate surface area is 120 Å². The molecule has 0 aliphatic heterocycles. The molecule has 0 unspecified atom stereocenters. The van der Waals surface area contributed by atoms with Gasteiger partial charge in [0.2, 0.25) is 0 Å². The van der Waals surface area contributed by atoms with Gasteiger partial charge in [-0.25, -0.2) is 15.0 Å². The summed E-state index contributed by atoms with van der Waals surface area (Å²) in [6.07, 6.45) is 2.41. The fourth-order valence-electron chi connectivity index (χ4n) is 1.95. The van der Waals surface area contributed by atoms with Gasteiger partial charge in [0.25, 0.3) is 5.19 Å². The number of nitrogens with one attached hydrogen (secondary N) is 1. The lowest BCUT2D eigenvalue weighted by Crippen LogP contribution is -2.07. The van der Waals surface area contributed by atoms with Crippen LogP contribution in [-0.4, -0.2) is 28.6 Å². The monoisotopic (exact) mass is 286 g/mol. The minimum atomic E-state index is 0.701. The first-order valence-electron chi connectivity index (χ1n) is 6.29. The maximum Gasteiger partial charge on any atom is 0.273 e. The molecule has 0 aliphatic carbocycles. The van der Waals surface area contributed by atoms with Gasteiger partial charge in [0.1, 0.15) is 12.1 Å². The highest BCUT2D eigenvalue weighted by molar-refractivity contribution is 7.11. The topological polar surface area (TPSA) is 59.9 Å². The maximum atomic E-state index is 5.08. The van der Waals surface area contributed by atoms with Gasteiger partial charge in [-0.1, -0.05) is 23.5 Å². The van der Waals surface area contributed by atoms with Crippen LogP contribution in [0.4, 0.5) is 5.82 Å². The standard InChI is InChI=1S/C14H14N4OS/c1-19-14-18-10(8-20-14)6-7-15-13-11-4-2-3-5-12(11)16-9-17-13/h2-5,8-9H,6-7H2,1H3,(H,15,16,17). The summed E-state index contributed by atoms with van der Waals surface area (Å²) in [6.45, 7) is 0.772. The van der Waals surface area contributed by atoms with Crippen LogP contribution < -0.4 is 10.1 Å². The predicted octanol–water partition coefficient (Wildman–Crippen LogP) is 2.75. The second kappa shape index (κ2) is 5.83. The summed E-state index contributed by atoms with van der Waals surface area (Å²) in [6, 6.07) is 7.96. The number of aromatic nitrogens is 3. The Hall–Kier alpha value is -2.21. The molecule has 5 nitrogen and oxygen atoms in total. The minimum Gasteiger partial charge on any atom is -0.473 e. The first-order valence-corrected chi connectivity index (χ1v) is 7.17. The fraction of sp³-hybridized carbons (Fsp3) is 0.214. The van der Waals surface area contributed by atoms with E-state index in [1.807, 2.05) is 29.6 Å². The molecule has 0 atom stereocenters. The molecule has 6 heteroatoms. The van der Waals surface area contributed by atoms with Gasteiger partial charge < -0.3 is 10.1 Å². The first kappa shape index (κ1) is 12.8. The van der Waals surface area contributed by atoms with Crippen LogP contribution in [0.1, 0.15) is 5.69 Å². The summed E-state index contributed by atoms with van der Waals surface area (Å²) in [5, 5.41) is 7.08. The number of thiazole rings is 1. The zero-order valence-corrected chi connectivity index (χ0v) is 11.9. The van der Waals surface area contributed by atoms with Gasteiger partial charge in [0.05, 0.1) is 18.3 Å². The number of benzene rings is 1. The normalized spacial score (nSPS) is 10.7. The molecule has 3 rings (SSSR count). The summed E-state index contributed by atoms with van der Waals surface area (Å²) >= 11 is 1.51. The molecule has 3 aromatic rings. The SMILES string of the molecule is COc1nc(CCNc2ncnc3ccccc23)cs1. The van der Waals surface area contributed by atoms with Crippen molar-refractivity contribution in [1.82, 2.24) is 15.0 Å². The van der Waals surface area contributed by atoms with Crippen molar-refractivity contribution >= 4 is 28.1 Å². The van der Waals surface area contributed by atoms with E-state index >= 15 is 0 Å². The van der Waals surface area contributed by atoms with Gasteiger partial charge in [-0.05, 0) is 12.1 Å². The Bertz CT molecular complexity index is 708. The van der Waals surface area contributed by atoms with E-state index in [0.717, 1.165) is 35.4 Å². The molecule has 1 aromatic carbocycles. The second-order valence-corrected chi connectivity index (χ2v) is 5.05. The Kier molecular flexibility index (Phi) is 3.73.